The van der Waals surface area contributed by atoms with Crippen molar-refractivity contribution in [3.63, 3.8) is 0 Å². The van der Waals surface area contributed by atoms with E-state index >= 15 is 0 Å². The number of morpholine rings is 1. The van der Waals surface area contributed by atoms with Crippen molar-refractivity contribution >= 4 is 16.7 Å². The minimum Gasteiger partial charge on any atom is -0.378 e. The normalized spacial score (nSPS) is 23.8. The molecule has 0 saturated carbocycles. The molecule has 1 amide bonds. The molecule has 0 aliphatic carbocycles. The van der Waals surface area contributed by atoms with E-state index in [1.54, 1.807) is 0 Å². The molecule has 2 saturated heterocycles. The van der Waals surface area contributed by atoms with E-state index in [1.807, 2.05) is 35.2 Å². The van der Waals surface area contributed by atoms with Gasteiger partial charge in [0.15, 0.2) is 0 Å². The highest BCUT2D eigenvalue weighted by molar-refractivity contribution is 7.85. The Morgan fingerprint density at radius 3 is 2.65 bits per heavy atom. The minimum absolute atomic E-state index is 0.0409. The lowest BCUT2D eigenvalue weighted by atomic mass is 10.2. The third-order valence-electron chi connectivity index (χ3n) is 4.54. The summed E-state index contributed by atoms with van der Waals surface area (Å²) in [7, 11) is -0.999. The van der Waals surface area contributed by atoms with E-state index in [0.29, 0.717) is 38.6 Å². The SMILES string of the molecule is O=C([C@@H]1CCCN1CC[S@@](=O)c1ccccc1)N1CCOCC1. The molecule has 0 N–H and O–H groups in total. The monoisotopic (exact) mass is 336 g/mol. The maximum Gasteiger partial charge on any atom is 0.240 e. The van der Waals surface area contributed by atoms with Gasteiger partial charge in [0.1, 0.15) is 0 Å². The van der Waals surface area contributed by atoms with Crippen molar-refractivity contribution < 1.29 is 13.7 Å². The van der Waals surface area contributed by atoms with E-state index in [0.717, 1.165) is 24.3 Å². The van der Waals surface area contributed by atoms with E-state index in [2.05, 4.69) is 4.90 Å². The van der Waals surface area contributed by atoms with Crippen LogP contribution in [0, 0.1) is 0 Å². The average molecular weight is 336 g/mol. The Labute approximate surface area is 140 Å². The number of benzene rings is 1. The zero-order valence-corrected chi connectivity index (χ0v) is 14.2. The molecule has 2 aliphatic rings. The number of carbonyl (C=O) groups excluding carboxylic acids is 1. The van der Waals surface area contributed by atoms with Gasteiger partial charge < -0.3 is 9.64 Å². The Balaban J connectivity index is 1.54. The van der Waals surface area contributed by atoms with Gasteiger partial charge in [-0.15, -0.1) is 0 Å². The van der Waals surface area contributed by atoms with Gasteiger partial charge in [-0.2, -0.15) is 0 Å². The fourth-order valence-corrected chi connectivity index (χ4v) is 4.35. The first-order chi connectivity index (χ1) is 11.3. The van der Waals surface area contributed by atoms with Crippen LogP contribution < -0.4 is 0 Å². The Morgan fingerprint density at radius 2 is 1.91 bits per heavy atom. The topological polar surface area (TPSA) is 49.9 Å². The van der Waals surface area contributed by atoms with E-state index in [-0.39, 0.29) is 11.9 Å². The molecule has 1 aromatic rings. The predicted molar refractivity (Wildman–Crippen MR) is 89.7 cm³/mol. The zero-order valence-electron chi connectivity index (χ0n) is 13.4. The number of hydrogen-bond donors (Lipinski definition) is 0. The van der Waals surface area contributed by atoms with Crippen LogP contribution in [0.25, 0.3) is 0 Å². The first-order valence-electron chi connectivity index (χ1n) is 8.30. The molecule has 126 valence electrons. The molecule has 1 aromatic carbocycles. The number of carbonyl (C=O) groups is 1. The Morgan fingerprint density at radius 1 is 1.17 bits per heavy atom. The van der Waals surface area contributed by atoms with Crippen molar-refractivity contribution in [2.45, 2.75) is 23.8 Å². The maximum atomic E-state index is 12.7. The summed E-state index contributed by atoms with van der Waals surface area (Å²) < 4.78 is 17.7. The Bertz CT molecular complexity index is 546. The van der Waals surface area contributed by atoms with Gasteiger partial charge in [-0.25, -0.2) is 0 Å². The lowest BCUT2D eigenvalue weighted by molar-refractivity contribution is -0.140. The highest BCUT2D eigenvalue weighted by Crippen LogP contribution is 2.20. The predicted octanol–water partition coefficient (Wildman–Crippen LogP) is 1.12. The summed E-state index contributed by atoms with van der Waals surface area (Å²) in [4.78, 5) is 17.7. The van der Waals surface area contributed by atoms with Crippen LogP contribution in [-0.4, -0.2) is 71.1 Å². The van der Waals surface area contributed by atoms with Crippen LogP contribution in [0.15, 0.2) is 35.2 Å². The fourth-order valence-electron chi connectivity index (χ4n) is 3.26. The fraction of sp³-hybridized carbons (Fsp3) is 0.588. The van der Waals surface area contributed by atoms with Crippen LogP contribution in [0.5, 0.6) is 0 Å². The van der Waals surface area contributed by atoms with E-state index < -0.39 is 10.8 Å². The molecule has 2 heterocycles. The van der Waals surface area contributed by atoms with Crippen LogP contribution in [0.3, 0.4) is 0 Å². The Hall–Kier alpha value is -1.24. The molecule has 2 atom stereocenters. The van der Waals surface area contributed by atoms with Crippen molar-refractivity contribution in [2.24, 2.45) is 0 Å². The second-order valence-corrected chi connectivity index (χ2v) is 7.57. The molecule has 6 heteroatoms. The summed E-state index contributed by atoms with van der Waals surface area (Å²) in [6.07, 6.45) is 1.95. The highest BCUT2D eigenvalue weighted by atomic mass is 32.2. The molecule has 0 radical (unpaired) electrons. The van der Waals surface area contributed by atoms with Crippen molar-refractivity contribution in [1.29, 1.82) is 0 Å². The van der Waals surface area contributed by atoms with Gasteiger partial charge in [0.05, 0.1) is 30.1 Å². The van der Waals surface area contributed by atoms with Gasteiger partial charge in [0.25, 0.3) is 0 Å². The van der Waals surface area contributed by atoms with E-state index in [1.165, 1.54) is 0 Å². The third-order valence-corrected chi connectivity index (χ3v) is 5.89. The van der Waals surface area contributed by atoms with Crippen molar-refractivity contribution in [1.82, 2.24) is 9.80 Å². The molecule has 5 nitrogen and oxygen atoms in total. The third kappa shape index (κ3) is 4.19. The number of likely N-dealkylation sites (tertiary alicyclic amines) is 1. The standard InChI is InChI=1S/C17H24N2O3S/c20-17(19-9-12-22-13-10-19)16-7-4-8-18(16)11-14-23(21)15-5-2-1-3-6-15/h1-3,5-6,16H,4,7-14H2/t16-,23+/m0/s1. The van der Waals surface area contributed by atoms with Gasteiger partial charge in [0.2, 0.25) is 5.91 Å². The van der Waals surface area contributed by atoms with Crippen LogP contribution in [-0.2, 0) is 20.3 Å². The number of nitrogens with zero attached hydrogens (tertiary/aromatic N) is 2. The Kier molecular flexibility index (Phi) is 5.80. The quantitative estimate of drug-likeness (QED) is 0.808. The molecule has 2 aliphatic heterocycles. The van der Waals surface area contributed by atoms with Crippen LogP contribution in [0.1, 0.15) is 12.8 Å². The molecule has 0 aromatic heterocycles. The second kappa shape index (κ2) is 8.04. The number of hydrogen-bond acceptors (Lipinski definition) is 4. The first kappa shape index (κ1) is 16.6. The number of ether oxygens (including phenoxy) is 1. The largest absolute Gasteiger partial charge is 0.378 e. The molecular formula is C17H24N2O3S. The minimum atomic E-state index is -0.999. The van der Waals surface area contributed by atoms with Crippen LogP contribution in [0.2, 0.25) is 0 Å². The summed E-state index contributed by atoms with van der Waals surface area (Å²) in [6, 6.07) is 9.51. The number of amides is 1. The molecule has 0 unspecified atom stereocenters. The van der Waals surface area contributed by atoms with E-state index in [4.69, 9.17) is 4.74 Å². The van der Waals surface area contributed by atoms with Gasteiger partial charge in [-0.1, -0.05) is 18.2 Å². The van der Waals surface area contributed by atoms with Gasteiger partial charge in [0, 0.05) is 30.3 Å². The maximum absolute atomic E-state index is 12.7. The van der Waals surface area contributed by atoms with E-state index in [9.17, 15) is 9.00 Å². The van der Waals surface area contributed by atoms with Crippen LogP contribution >= 0.6 is 0 Å². The van der Waals surface area contributed by atoms with Gasteiger partial charge in [-0.05, 0) is 31.5 Å². The van der Waals surface area contributed by atoms with Gasteiger partial charge in [-0.3, -0.25) is 13.9 Å². The van der Waals surface area contributed by atoms with Crippen molar-refractivity contribution in [3.05, 3.63) is 30.3 Å². The average Bonchev–Trinajstić information content (AvgIpc) is 3.09. The van der Waals surface area contributed by atoms with Gasteiger partial charge >= 0.3 is 0 Å². The van der Waals surface area contributed by atoms with Crippen molar-refractivity contribution in [2.75, 3.05) is 45.1 Å². The summed E-state index contributed by atoms with van der Waals surface area (Å²) in [5, 5.41) is 0. The lowest BCUT2D eigenvalue weighted by Crippen LogP contribution is -2.50. The molecule has 0 bridgehead atoms. The smallest absolute Gasteiger partial charge is 0.240 e. The second-order valence-electron chi connectivity index (χ2n) is 5.99. The lowest BCUT2D eigenvalue weighted by Gasteiger charge is -2.32. The molecule has 3 rings (SSSR count). The summed E-state index contributed by atoms with van der Waals surface area (Å²) in [5.41, 5.74) is 0. The summed E-state index contributed by atoms with van der Waals surface area (Å²) in [6.45, 7) is 4.29. The molecule has 2 fully saturated rings. The summed E-state index contributed by atoms with van der Waals surface area (Å²) in [5.74, 6) is 0.799. The zero-order chi connectivity index (χ0) is 16.1. The highest BCUT2D eigenvalue weighted by Gasteiger charge is 2.34. The number of rotatable bonds is 5. The molecule has 0 spiro atoms. The van der Waals surface area contributed by atoms with Crippen LogP contribution in [0.4, 0.5) is 0 Å². The summed E-state index contributed by atoms with van der Waals surface area (Å²) >= 11 is 0. The van der Waals surface area contributed by atoms with Crippen molar-refractivity contribution in [3.8, 4) is 0 Å². The molecular weight excluding hydrogens is 312 g/mol. The molecule has 23 heavy (non-hydrogen) atoms. The first-order valence-corrected chi connectivity index (χ1v) is 9.61.